The van der Waals surface area contributed by atoms with Crippen LogP contribution in [-0.4, -0.2) is 29.9 Å². The first-order valence-corrected chi connectivity index (χ1v) is 13.0. The fraction of sp³-hybridized carbons (Fsp3) is 1.00. The summed E-state index contributed by atoms with van der Waals surface area (Å²) >= 11 is 0. The van der Waals surface area contributed by atoms with Crippen LogP contribution in [0.5, 0.6) is 0 Å². The van der Waals surface area contributed by atoms with Gasteiger partial charge in [-0.1, -0.05) is 110 Å². The van der Waals surface area contributed by atoms with Crippen molar-refractivity contribution >= 4 is 10.1 Å². The normalized spacial score (nSPS) is 12.7. The summed E-state index contributed by atoms with van der Waals surface area (Å²) in [4.78, 5) is 0. The third kappa shape index (κ3) is 22.2. The summed E-state index contributed by atoms with van der Waals surface area (Å²) in [5, 5.41) is 8.05. The van der Waals surface area contributed by atoms with Crippen molar-refractivity contribution in [3.63, 3.8) is 0 Å². The Hall–Kier alpha value is 1.51. The molecule has 0 fully saturated rings. The second-order valence-corrected chi connectivity index (χ2v) is 9.72. The maximum Gasteiger partial charge on any atom is 1.00 e. The topological polar surface area (TPSA) is 77.4 Å². The number of hydrogen-bond donors (Lipinski definition) is 1. The number of hydrogen-bond acceptors (Lipinski definition) is 4. The van der Waals surface area contributed by atoms with Gasteiger partial charge < -0.3 is 9.66 Å². The van der Waals surface area contributed by atoms with Gasteiger partial charge in [0.25, 0.3) is 0 Å². The Morgan fingerprint density at radius 1 is 0.643 bits per heavy atom. The molecule has 0 aromatic carbocycles. The molecule has 0 aromatic heterocycles. The van der Waals surface area contributed by atoms with Crippen LogP contribution in [0.2, 0.25) is 0 Å². The van der Waals surface area contributed by atoms with E-state index in [9.17, 15) is 13.0 Å². The van der Waals surface area contributed by atoms with Crippen molar-refractivity contribution < 1.29 is 69.5 Å². The van der Waals surface area contributed by atoms with Gasteiger partial charge in [-0.15, -0.1) is 0 Å². The minimum atomic E-state index is -4.16. The van der Waals surface area contributed by atoms with Crippen LogP contribution in [0, 0.1) is 0 Å². The molecule has 0 amide bonds. The van der Waals surface area contributed by atoms with Gasteiger partial charge in [-0.25, -0.2) is 8.42 Å². The Kier molecular flexibility index (Phi) is 26.2. The summed E-state index contributed by atoms with van der Waals surface area (Å²) in [6.07, 6.45) is 20.5. The number of unbranched alkanes of at least 4 members (excludes halogenated alkanes) is 15. The van der Waals surface area contributed by atoms with Crippen LogP contribution in [0.25, 0.3) is 0 Å². The van der Waals surface area contributed by atoms with Crippen molar-refractivity contribution in [3.8, 4) is 0 Å². The molecule has 0 bridgehead atoms. The molecular weight excluding hydrogens is 399 g/mol. The Morgan fingerprint density at radius 2 is 0.964 bits per heavy atom. The third-order valence-electron chi connectivity index (χ3n) is 5.47. The molecule has 0 saturated carbocycles. The monoisotopic (exact) mass is 444 g/mol. The minimum absolute atomic E-state index is 0. The SMILES string of the molecule is CCCCCCCCCCCCCC(CCCCCCCCO)S(=O)(=O)[O-].[K+]. The summed E-state index contributed by atoms with van der Waals surface area (Å²) in [5.74, 6) is 0. The molecule has 0 spiro atoms. The molecule has 164 valence electrons. The smallest absolute Gasteiger partial charge is 0.748 e. The van der Waals surface area contributed by atoms with Crippen LogP contribution in [0.3, 0.4) is 0 Å². The third-order valence-corrected chi connectivity index (χ3v) is 6.76. The van der Waals surface area contributed by atoms with Gasteiger partial charge in [-0.3, -0.25) is 0 Å². The maximum absolute atomic E-state index is 11.5. The molecule has 0 aromatic rings. The maximum atomic E-state index is 11.5. The van der Waals surface area contributed by atoms with E-state index in [1.54, 1.807) is 0 Å². The van der Waals surface area contributed by atoms with Crippen LogP contribution in [0.4, 0.5) is 0 Å². The average Bonchev–Trinajstić information content (AvgIpc) is 2.62. The Morgan fingerprint density at radius 3 is 1.29 bits per heavy atom. The molecule has 0 saturated heterocycles. The standard InChI is InChI=1S/C22H46O4S.K/c1-2-3-4-5-6-7-8-9-10-13-16-19-22(27(24,25)26)20-17-14-11-12-15-18-21-23;/h22-23H,2-21H2,1H3,(H,24,25,26);/q;+1/p-1. The zero-order valence-electron chi connectivity index (χ0n) is 18.8. The molecule has 1 N–H and O–H groups in total. The molecule has 4 nitrogen and oxygen atoms in total. The van der Waals surface area contributed by atoms with Gasteiger partial charge in [0.15, 0.2) is 0 Å². The minimum Gasteiger partial charge on any atom is -0.748 e. The summed E-state index contributed by atoms with van der Waals surface area (Å²) in [6, 6.07) is 0. The van der Waals surface area contributed by atoms with Crippen LogP contribution in [0.15, 0.2) is 0 Å². The van der Waals surface area contributed by atoms with E-state index in [0.29, 0.717) is 12.8 Å². The van der Waals surface area contributed by atoms with Crippen LogP contribution in [0.1, 0.15) is 129 Å². The van der Waals surface area contributed by atoms with E-state index in [2.05, 4.69) is 6.92 Å². The van der Waals surface area contributed by atoms with Crippen molar-refractivity contribution in [2.75, 3.05) is 6.61 Å². The molecule has 0 aliphatic rings. The predicted molar refractivity (Wildman–Crippen MR) is 114 cm³/mol. The zero-order chi connectivity index (χ0) is 20.2. The summed E-state index contributed by atoms with van der Waals surface area (Å²) in [7, 11) is -4.16. The Bertz CT molecular complexity index is 401. The quantitative estimate of drug-likeness (QED) is 0.167. The number of rotatable bonds is 21. The van der Waals surface area contributed by atoms with E-state index in [-0.39, 0.29) is 58.0 Å². The molecular formula is C22H45KO4S. The van der Waals surface area contributed by atoms with Gasteiger partial charge in [-0.2, -0.15) is 0 Å². The molecule has 0 aliphatic heterocycles. The summed E-state index contributed by atoms with van der Waals surface area (Å²) in [6.45, 7) is 2.49. The van der Waals surface area contributed by atoms with E-state index in [1.165, 1.54) is 51.4 Å². The van der Waals surface area contributed by atoms with Gasteiger partial charge >= 0.3 is 51.4 Å². The summed E-state index contributed by atoms with van der Waals surface area (Å²) in [5.41, 5.74) is 0. The predicted octanol–water partition coefficient (Wildman–Crippen LogP) is 3.33. The fourth-order valence-corrected chi connectivity index (χ4v) is 4.57. The first-order valence-electron chi connectivity index (χ1n) is 11.6. The molecule has 28 heavy (non-hydrogen) atoms. The molecule has 0 heterocycles. The van der Waals surface area contributed by atoms with E-state index < -0.39 is 15.4 Å². The first kappa shape index (κ1) is 31.7. The van der Waals surface area contributed by atoms with Gasteiger partial charge in [0.2, 0.25) is 0 Å². The van der Waals surface area contributed by atoms with Crippen LogP contribution >= 0.6 is 0 Å². The van der Waals surface area contributed by atoms with Crippen LogP contribution < -0.4 is 51.4 Å². The van der Waals surface area contributed by atoms with E-state index in [0.717, 1.165) is 57.8 Å². The van der Waals surface area contributed by atoms with Crippen LogP contribution in [-0.2, 0) is 10.1 Å². The van der Waals surface area contributed by atoms with Crippen molar-refractivity contribution in [2.45, 2.75) is 134 Å². The summed E-state index contributed by atoms with van der Waals surface area (Å²) < 4.78 is 34.4. The molecule has 0 radical (unpaired) electrons. The first-order chi connectivity index (χ1) is 13.0. The van der Waals surface area contributed by atoms with E-state index in [4.69, 9.17) is 5.11 Å². The van der Waals surface area contributed by atoms with Gasteiger partial charge in [0.1, 0.15) is 0 Å². The zero-order valence-corrected chi connectivity index (χ0v) is 22.7. The van der Waals surface area contributed by atoms with Crippen molar-refractivity contribution in [3.05, 3.63) is 0 Å². The number of aliphatic hydroxyl groups is 1. The molecule has 0 rings (SSSR count). The van der Waals surface area contributed by atoms with E-state index >= 15 is 0 Å². The van der Waals surface area contributed by atoms with Crippen molar-refractivity contribution in [1.82, 2.24) is 0 Å². The van der Waals surface area contributed by atoms with Gasteiger partial charge in [0.05, 0.1) is 10.1 Å². The second-order valence-electron chi connectivity index (χ2n) is 8.07. The fourth-order valence-electron chi connectivity index (χ4n) is 3.66. The molecule has 0 aliphatic carbocycles. The molecule has 1 unspecified atom stereocenters. The largest absolute Gasteiger partial charge is 1.00 e. The molecule has 1 atom stereocenters. The van der Waals surface area contributed by atoms with Crippen molar-refractivity contribution in [1.29, 1.82) is 0 Å². The Balaban J connectivity index is 0. The van der Waals surface area contributed by atoms with Gasteiger partial charge in [0, 0.05) is 11.9 Å². The van der Waals surface area contributed by atoms with Gasteiger partial charge in [-0.05, 0) is 19.3 Å². The second kappa shape index (κ2) is 23.2. The Labute approximate surface area is 218 Å². The molecule has 6 heteroatoms. The van der Waals surface area contributed by atoms with Crippen molar-refractivity contribution in [2.24, 2.45) is 0 Å². The average molecular weight is 445 g/mol. The van der Waals surface area contributed by atoms with E-state index in [1.807, 2.05) is 0 Å². The number of aliphatic hydroxyl groups excluding tert-OH is 1.